The Balaban J connectivity index is 1.78. The molecule has 2 aromatic rings. The number of ether oxygens (including phenoxy) is 1. The minimum atomic E-state index is -0.957. The molecule has 3 heterocycles. The van der Waals surface area contributed by atoms with E-state index >= 15 is 0 Å². The summed E-state index contributed by atoms with van der Waals surface area (Å²) in [5.41, 5.74) is 2.00. The quantitative estimate of drug-likeness (QED) is 0.824. The number of rotatable bonds is 5. The van der Waals surface area contributed by atoms with Crippen molar-refractivity contribution < 1.29 is 14.3 Å². The number of piperazine rings is 1. The number of carbonyl (C=O) groups is 2. The Morgan fingerprint density at radius 3 is 2.81 bits per heavy atom. The number of aromatic amines is 1. The Morgan fingerprint density at radius 2 is 2.07 bits per heavy atom. The monoisotopic (exact) mass is 369 g/mol. The summed E-state index contributed by atoms with van der Waals surface area (Å²) >= 11 is 0. The van der Waals surface area contributed by atoms with Crippen LogP contribution in [0.3, 0.4) is 0 Å². The summed E-state index contributed by atoms with van der Waals surface area (Å²) in [5.74, 6) is 0.859. The summed E-state index contributed by atoms with van der Waals surface area (Å²) in [5, 5.41) is 1.08. The molecule has 6 nitrogen and oxygen atoms in total. The van der Waals surface area contributed by atoms with Gasteiger partial charge < -0.3 is 19.5 Å². The van der Waals surface area contributed by atoms with Gasteiger partial charge >= 0.3 is 0 Å². The lowest BCUT2D eigenvalue weighted by Crippen LogP contribution is -2.67. The molecule has 0 saturated carbocycles. The van der Waals surface area contributed by atoms with Crippen molar-refractivity contribution in [3.8, 4) is 5.75 Å². The molecular formula is C21H27N3O3. The number of methoxy groups -OCH3 is 1. The number of hydrogen-bond acceptors (Lipinski definition) is 3. The maximum absolute atomic E-state index is 13.5. The van der Waals surface area contributed by atoms with Crippen LogP contribution in [0.2, 0.25) is 0 Å². The van der Waals surface area contributed by atoms with Crippen LogP contribution in [0.1, 0.15) is 44.4 Å². The second kappa shape index (κ2) is 6.59. The smallest absolute Gasteiger partial charge is 0.254 e. The predicted molar refractivity (Wildman–Crippen MR) is 104 cm³/mol. The molecule has 0 bridgehead atoms. The lowest BCUT2D eigenvalue weighted by Gasteiger charge is -2.49. The van der Waals surface area contributed by atoms with Crippen molar-refractivity contribution in [3.05, 3.63) is 29.5 Å². The molecule has 2 aliphatic rings. The molecule has 6 heteroatoms. The maximum atomic E-state index is 13.5. The number of benzene rings is 1. The van der Waals surface area contributed by atoms with Crippen LogP contribution < -0.4 is 4.74 Å². The van der Waals surface area contributed by atoms with E-state index in [-0.39, 0.29) is 18.4 Å². The minimum Gasteiger partial charge on any atom is -0.497 e. The summed E-state index contributed by atoms with van der Waals surface area (Å²) < 4.78 is 5.37. The van der Waals surface area contributed by atoms with Crippen molar-refractivity contribution in [1.29, 1.82) is 0 Å². The van der Waals surface area contributed by atoms with Crippen molar-refractivity contribution in [2.24, 2.45) is 0 Å². The fourth-order valence-corrected chi connectivity index (χ4v) is 4.57. The lowest BCUT2D eigenvalue weighted by molar-refractivity contribution is -0.166. The standard InChI is InChI=1S/C21H27N3O3/c1-4-5-6-10-23-13-18(25)24-11-9-15-16-12-14(27-3)7-8-17(16)22-19(15)21(24,2)20(23)26/h7-8,12,22H,4-6,9-11,13H2,1-3H3/t21-/m0/s1. The predicted octanol–water partition coefficient (Wildman–Crippen LogP) is 2.81. The van der Waals surface area contributed by atoms with E-state index in [4.69, 9.17) is 4.74 Å². The Hall–Kier alpha value is -2.50. The van der Waals surface area contributed by atoms with E-state index in [0.29, 0.717) is 13.1 Å². The van der Waals surface area contributed by atoms with Crippen LogP contribution in [-0.2, 0) is 21.5 Å². The molecule has 1 fully saturated rings. The lowest BCUT2D eigenvalue weighted by atomic mass is 9.83. The first kappa shape index (κ1) is 17.9. The van der Waals surface area contributed by atoms with Crippen LogP contribution in [0.4, 0.5) is 0 Å². The zero-order valence-electron chi connectivity index (χ0n) is 16.3. The molecule has 27 heavy (non-hydrogen) atoms. The number of amides is 2. The van der Waals surface area contributed by atoms with E-state index in [1.54, 1.807) is 16.9 Å². The van der Waals surface area contributed by atoms with Gasteiger partial charge in [-0.25, -0.2) is 0 Å². The summed E-state index contributed by atoms with van der Waals surface area (Å²) in [6.07, 6.45) is 3.83. The highest BCUT2D eigenvalue weighted by molar-refractivity contribution is 6.00. The zero-order valence-corrected chi connectivity index (χ0v) is 16.3. The molecule has 1 aromatic heterocycles. The average Bonchev–Trinajstić information content (AvgIpc) is 3.05. The van der Waals surface area contributed by atoms with Gasteiger partial charge in [0.05, 0.1) is 19.3 Å². The highest BCUT2D eigenvalue weighted by atomic mass is 16.5. The van der Waals surface area contributed by atoms with Crippen molar-refractivity contribution in [2.45, 2.75) is 45.1 Å². The summed E-state index contributed by atoms with van der Waals surface area (Å²) in [7, 11) is 1.65. The Morgan fingerprint density at radius 1 is 1.26 bits per heavy atom. The minimum absolute atomic E-state index is 0.0256. The van der Waals surface area contributed by atoms with Crippen LogP contribution in [0.25, 0.3) is 10.9 Å². The van der Waals surface area contributed by atoms with Gasteiger partial charge in [0, 0.05) is 24.0 Å². The SMILES string of the molecule is CCCCCN1CC(=O)N2CCc3c([nH]c4ccc(OC)cc34)[C@@]2(C)C1=O. The molecule has 1 aromatic carbocycles. The first-order chi connectivity index (χ1) is 13.0. The molecule has 2 aliphatic heterocycles. The number of fused-ring (bicyclic) bond motifs is 5. The van der Waals surface area contributed by atoms with Crippen molar-refractivity contribution >= 4 is 22.7 Å². The number of hydrogen-bond donors (Lipinski definition) is 1. The molecule has 2 amide bonds. The van der Waals surface area contributed by atoms with Gasteiger partial charge in [0.25, 0.3) is 5.91 Å². The topological polar surface area (TPSA) is 65.6 Å². The highest BCUT2D eigenvalue weighted by Gasteiger charge is 2.53. The van der Waals surface area contributed by atoms with Gasteiger partial charge in [-0.2, -0.15) is 0 Å². The molecular weight excluding hydrogens is 342 g/mol. The Bertz CT molecular complexity index is 903. The fraction of sp³-hybridized carbons (Fsp3) is 0.524. The van der Waals surface area contributed by atoms with Crippen LogP contribution in [-0.4, -0.2) is 53.3 Å². The number of nitrogens with zero attached hydrogens (tertiary/aromatic N) is 2. The van der Waals surface area contributed by atoms with Gasteiger partial charge in [0.2, 0.25) is 5.91 Å². The number of aromatic nitrogens is 1. The third-order valence-electron chi connectivity index (χ3n) is 6.09. The molecule has 0 unspecified atom stereocenters. The van der Waals surface area contributed by atoms with Gasteiger partial charge in [0.15, 0.2) is 5.54 Å². The molecule has 1 saturated heterocycles. The summed E-state index contributed by atoms with van der Waals surface area (Å²) in [6, 6.07) is 5.90. The van der Waals surface area contributed by atoms with E-state index in [1.165, 1.54) is 0 Å². The van der Waals surface area contributed by atoms with Crippen LogP contribution in [0.5, 0.6) is 5.75 Å². The van der Waals surface area contributed by atoms with E-state index in [9.17, 15) is 9.59 Å². The van der Waals surface area contributed by atoms with Gasteiger partial charge in [-0.05, 0) is 43.5 Å². The van der Waals surface area contributed by atoms with Crippen molar-refractivity contribution in [1.82, 2.24) is 14.8 Å². The molecule has 0 spiro atoms. The first-order valence-corrected chi connectivity index (χ1v) is 9.79. The van der Waals surface area contributed by atoms with Crippen LogP contribution >= 0.6 is 0 Å². The average molecular weight is 369 g/mol. The third-order valence-corrected chi connectivity index (χ3v) is 6.09. The largest absolute Gasteiger partial charge is 0.497 e. The molecule has 1 N–H and O–H groups in total. The second-order valence-electron chi connectivity index (χ2n) is 7.69. The van der Waals surface area contributed by atoms with E-state index in [1.807, 2.05) is 25.1 Å². The number of unbranched alkanes of at least 4 members (excludes halogenated alkanes) is 2. The van der Waals surface area contributed by atoms with Crippen LogP contribution in [0.15, 0.2) is 18.2 Å². The van der Waals surface area contributed by atoms with Gasteiger partial charge in [0.1, 0.15) is 5.75 Å². The summed E-state index contributed by atoms with van der Waals surface area (Å²) in [6.45, 7) is 5.44. The fourth-order valence-electron chi connectivity index (χ4n) is 4.57. The number of carbonyl (C=O) groups excluding carboxylic acids is 2. The zero-order chi connectivity index (χ0) is 19.2. The molecule has 0 radical (unpaired) electrons. The van der Waals surface area contributed by atoms with Gasteiger partial charge in [-0.3, -0.25) is 9.59 Å². The molecule has 1 atom stereocenters. The van der Waals surface area contributed by atoms with E-state index in [0.717, 1.165) is 53.6 Å². The summed E-state index contributed by atoms with van der Waals surface area (Å²) in [4.78, 5) is 33.3. The van der Waals surface area contributed by atoms with Crippen molar-refractivity contribution in [3.63, 3.8) is 0 Å². The van der Waals surface area contributed by atoms with E-state index in [2.05, 4.69) is 11.9 Å². The van der Waals surface area contributed by atoms with Crippen LogP contribution in [0, 0.1) is 0 Å². The highest BCUT2D eigenvalue weighted by Crippen LogP contribution is 2.42. The molecule has 144 valence electrons. The maximum Gasteiger partial charge on any atom is 0.254 e. The van der Waals surface area contributed by atoms with Gasteiger partial charge in [-0.1, -0.05) is 19.8 Å². The van der Waals surface area contributed by atoms with Crippen molar-refractivity contribution in [2.75, 3.05) is 26.7 Å². The normalized spacial score (nSPS) is 22.2. The third kappa shape index (κ3) is 2.61. The molecule has 0 aliphatic carbocycles. The second-order valence-corrected chi connectivity index (χ2v) is 7.69. The number of nitrogens with one attached hydrogen (secondary N) is 1. The number of H-pyrrole nitrogens is 1. The van der Waals surface area contributed by atoms with E-state index < -0.39 is 5.54 Å². The Labute approximate surface area is 159 Å². The Kier molecular flexibility index (Phi) is 4.36. The van der Waals surface area contributed by atoms with Gasteiger partial charge in [-0.15, -0.1) is 0 Å². The molecule has 4 rings (SSSR count). The first-order valence-electron chi connectivity index (χ1n) is 9.79.